The number of fused-ring (bicyclic) bond motifs is 1. The van der Waals surface area contributed by atoms with E-state index in [0.29, 0.717) is 0 Å². The van der Waals surface area contributed by atoms with Crippen LogP contribution in [0.5, 0.6) is 0 Å². The molecule has 0 saturated carbocycles. The van der Waals surface area contributed by atoms with Crippen molar-refractivity contribution >= 4 is 16.9 Å². The Morgan fingerprint density at radius 1 is 1.30 bits per heavy atom. The molecule has 3 aromatic rings. The van der Waals surface area contributed by atoms with E-state index in [-0.39, 0.29) is 6.04 Å². The fraction of sp³-hybridized carbons (Fsp3) is 0.438. The summed E-state index contributed by atoms with van der Waals surface area (Å²) in [6, 6.07) is 4.21. The summed E-state index contributed by atoms with van der Waals surface area (Å²) in [4.78, 5) is 11.1. The Balaban J connectivity index is 1.57. The van der Waals surface area contributed by atoms with Gasteiger partial charge in [0, 0.05) is 13.6 Å². The molecule has 0 aromatic carbocycles. The van der Waals surface area contributed by atoms with E-state index in [1.165, 1.54) is 12.8 Å². The minimum Gasteiger partial charge on any atom is -0.468 e. The summed E-state index contributed by atoms with van der Waals surface area (Å²) in [7, 11) is 1.88. The van der Waals surface area contributed by atoms with Crippen LogP contribution in [-0.2, 0) is 7.05 Å². The smallest absolute Gasteiger partial charge is 0.163 e. The number of nitrogens with one attached hydrogen (secondary N) is 1. The van der Waals surface area contributed by atoms with Crippen LogP contribution in [0.2, 0.25) is 0 Å². The van der Waals surface area contributed by atoms with E-state index in [1.807, 2.05) is 19.2 Å². The molecule has 4 heterocycles. The van der Waals surface area contributed by atoms with Crippen molar-refractivity contribution in [1.82, 2.24) is 24.6 Å². The van der Waals surface area contributed by atoms with Gasteiger partial charge in [-0.25, -0.2) is 9.97 Å². The number of furan rings is 1. The van der Waals surface area contributed by atoms with E-state index in [0.717, 1.165) is 42.2 Å². The van der Waals surface area contributed by atoms with E-state index >= 15 is 0 Å². The molecule has 0 radical (unpaired) electrons. The standard InChI is InChI=1S/C16H20N6O/c1-21-16-12(9-20-21)15(18-11-19-16)17-10-13(14-5-4-8-23-14)22-6-2-3-7-22/h4-5,8-9,11,13H,2-3,6-7,10H2,1H3,(H,17,18,19). The van der Waals surface area contributed by atoms with Crippen LogP contribution in [0.15, 0.2) is 35.3 Å². The number of aromatic nitrogens is 4. The van der Waals surface area contributed by atoms with Gasteiger partial charge in [-0.2, -0.15) is 5.10 Å². The third kappa shape index (κ3) is 2.68. The van der Waals surface area contributed by atoms with E-state index in [9.17, 15) is 0 Å². The summed E-state index contributed by atoms with van der Waals surface area (Å²) in [5.74, 6) is 1.81. The Bertz CT molecular complexity index is 775. The van der Waals surface area contributed by atoms with Crippen molar-refractivity contribution in [3.05, 3.63) is 36.7 Å². The van der Waals surface area contributed by atoms with Gasteiger partial charge in [-0.05, 0) is 38.1 Å². The number of nitrogens with zero attached hydrogens (tertiary/aromatic N) is 5. The Morgan fingerprint density at radius 2 is 2.17 bits per heavy atom. The lowest BCUT2D eigenvalue weighted by atomic mass is 10.2. The average molecular weight is 312 g/mol. The minimum atomic E-state index is 0.217. The van der Waals surface area contributed by atoms with Gasteiger partial charge in [0.1, 0.15) is 17.9 Å². The number of aryl methyl sites for hydroxylation is 1. The molecule has 0 bridgehead atoms. The Hall–Kier alpha value is -2.41. The number of hydrogen-bond donors (Lipinski definition) is 1. The molecular weight excluding hydrogens is 292 g/mol. The normalized spacial score (nSPS) is 16.9. The van der Waals surface area contributed by atoms with Crippen LogP contribution >= 0.6 is 0 Å². The molecule has 1 saturated heterocycles. The Labute approximate surface area is 134 Å². The maximum absolute atomic E-state index is 5.66. The highest BCUT2D eigenvalue weighted by Gasteiger charge is 2.25. The molecule has 7 heteroatoms. The summed E-state index contributed by atoms with van der Waals surface area (Å²) >= 11 is 0. The number of likely N-dealkylation sites (tertiary alicyclic amines) is 1. The van der Waals surface area contributed by atoms with Crippen molar-refractivity contribution in [3.8, 4) is 0 Å². The maximum atomic E-state index is 5.66. The molecule has 1 unspecified atom stereocenters. The highest BCUT2D eigenvalue weighted by atomic mass is 16.3. The molecule has 0 amide bonds. The molecule has 0 aliphatic carbocycles. The van der Waals surface area contributed by atoms with Crippen molar-refractivity contribution in [2.75, 3.05) is 25.0 Å². The first-order chi connectivity index (χ1) is 11.3. The second-order valence-electron chi connectivity index (χ2n) is 5.88. The van der Waals surface area contributed by atoms with Crippen molar-refractivity contribution in [3.63, 3.8) is 0 Å². The van der Waals surface area contributed by atoms with Crippen LogP contribution in [0.1, 0.15) is 24.6 Å². The Kier molecular flexibility index (Phi) is 3.70. The largest absolute Gasteiger partial charge is 0.468 e. The molecule has 7 nitrogen and oxygen atoms in total. The van der Waals surface area contributed by atoms with Gasteiger partial charge in [0.25, 0.3) is 0 Å². The topological polar surface area (TPSA) is 72.0 Å². The third-order valence-electron chi connectivity index (χ3n) is 4.45. The maximum Gasteiger partial charge on any atom is 0.163 e. The Morgan fingerprint density at radius 3 is 2.96 bits per heavy atom. The van der Waals surface area contributed by atoms with Gasteiger partial charge in [0.05, 0.1) is 23.9 Å². The molecule has 1 aliphatic heterocycles. The van der Waals surface area contributed by atoms with E-state index in [2.05, 4.69) is 25.3 Å². The molecule has 1 N–H and O–H groups in total. The first-order valence-electron chi connectivity index (χ1n) is 7.97. The predicted molar refractivity (Wildman–Crippen MR) is 87.0 cm³/mol. The summed E-state index contributed by atoms with van der Waals surface area (Å²) in [5, 5.41) is 8.66. The molecular formula is C16H20N6O. The minimum absolute atomic E-state index is 0.217. The van der Waals surface area contributed by atoms with E-state index in [4.69, 9.17) is 4.42 Å². The van der Waals surface area contributed by atoms with Crippen LogP contribution in [0.4, 0.5) is 5.82 Å². The van der Waals surface area contributed by atoms with Crippen molar-refractivity contribution in [2.24, 2.45) is 7.05 Å². The first-order valence-corrected chi connectivity index (χ1v) is 7.97. The lowest BCUT2D eigenvalue weighted by Crippen LogP contribution is -2.30. The van der Waals surface area contributed by atoms with E-state index < -0.39 is 0 Å². The van der Waals surface area contributed by atoms with Crippen LogP contribution in [-0.4, -0.2) is 44.3 Å². The second-order valence-corrected chi connectivity index (χ2v) is 5.88. The van der Waals surface area contributed by atoms with Gasteiger partial charge >= 0.3 is 0 Å². The first kappa shape index (κ1) is 14.2. The molecule has 120 valence electrons. The van der Waals surface area contributed by atoms with Gasteiger partial charge in [-0.1, -0.05) is 0 Å². The van der Waals surface area contributed by atoms with E-state index in [1.54, 1.807) is 23.5 Å². The van der Waals surface area contributed by atoms with Gasteiger partial charge < -0.3 is 9.73 Å². The van der Waals surface area contributed by atoms with Crippen molar-refractivity contribution in [1.29, 1.82) is 0 Å². The van der Waals surface area contributed by atoms with Gasteiger partial charge in [-0.15, -0.1) is 0 Å². The number of hydrogen-bond acceptors (Lipinski definition) is 6. The molecule has 0 spiro atoms. The zero-order chi connectivity index (χ0) is 15.6. The van der Waals surface area contributed by atoms with Crippen LogP contribution in [0.25, 0.3) is 11.0 Å². The second kappa shape index (κ2) is 6.00. The monoisotopic (exact) mass is 312 g/mol. The number of rotatable bonds is 5. The zero-order valence-corrected chi connectivity index (χ0v) is 13.1. The molecule has 4 rings (SSSR count). The highest BCUT2D eigenvalue weighted by molar-refractivity contribution is 5.85. The molecule has 1 fully saturated rings. The summed E-state index contributed by atoms with van der Waals surface area (Å²) in [6.45, 7) is 2.97. The molecule has 23 heavy (non-hydrogen) atoms. The van der Waals surface area contributed by atoms with Gasteiger partial charge in [0.15, 0.2) is 5.65 Å². The van der Waals surface area contributed by atoms with Crippen LogP contribution in [0, 0.1) is 0 Å². The average Bonchev–Trinajstić information content (AvgIpc) is 3.31. The van der Waals surface area contributed by atoms with Crippen molar-refractivity contribution in [2.45, 2.75) is 18.9 Å². The lowest BCUT2D eigenvalue weighted by Gasteiger charge is -2.26. The predicted octanol–water partition coefficient (Wildman–Crippen LogP) is 2.21. The molecule has 1 aliphatic rings. The fourth-order valence-corrected chi connectivity index (χ4v) is 3.24. The van der Waals surface area contributed by atoms with Crippen LogP contribution in [0.3, 0.4) is 0 Å². The third-order valence-corrected chi connectivity index (χ3v) is 4.45. The van der Waals surface area contributed by atoms with Gasteiger partial charge in [0.2, 0.25) is 0 Å². The van der Waals surface area contributed by atoms with Crippen LogP contribution < -0.4 is 5.32 Å². The molecule has 1 atom stereocenters. The fourth-order valence-electron chi connectivity index (χ4n) is 3.24. The highest BCUT2D eigenvalue weighted by Crippen LogP contribution is 2.27. The summed E-state index contributed by atoms with van der Waals surface area (Å²) < 4.78 is 7.41. The number of anilines is 1. The zero-order valence-electron chi connectivity index (χ0n) is 13.1. The summed E-state index contributed by atoms with van der Waals surface area (Å²) in [6.07, 6.45) is 7.61. The molecule has 3 aromatic heterocycles. The van der Waals surface area contributed by atoms with Gasteiger partial charge in [-0.3, -0.25) is 9.58 Å². The summed E-state index contributed by atoms with van der Waals surface area (Å²) in [5.41, 5.74) is 0.832. The quantitative estimate of drug-likeness (QED) is 0.779. The van der Waals surface area contributed by atoms with Crippen molar-refractivity contribution < 1.29 is 4.42 Å². The SMILES string of the molecule is Cn1ncc2c(NCC(c3ccco3)N3CCCC3)ncnc21. The lowest BCUT2D eigenvalue weighted by molar-refractivity contribution is 0.225.